The molecule has 0 amide bonds. The zero-order valence-electron chi connectivity index (χ0n) is 5.90. The van der Waals surface area contributed by atoms with E-state index in [9.17, 15) is 18.0 Å². The van der Waals surface area contributed by atoms with Crippen LogP contribution in [-0.4, -0.2) is 12.0 Å². The molecule has 62 valence electrons. The molecule has 0 aromatic carbocycles. The molecule has 0 fully saturated rings. The molecular formula is C7H7F3O. The first-order chi connectivity index (χ1) is 4.89. The third-order valence-corrected chi connectivity index (χ3v) is 0.983. The Balaban J connectivity index is 4.51. The van der Waals surface area contributed by atoms with Crippen molar-refractivity contribution in [3.8, 4) is 0 Å². The lowest BCUT2D eigenvalue weighted by Crippen LogP contribution is -2.23. The molecule has 0 saturated carbocycles. The van der Waals surface area contributed by atoms with E-state index in [2.05, 4.69) is 6.58 Å². The molecule has 0 saturated heterocycles. The molecule has 0 radical (unpaired) electrons. The van der Waals surface area contributed by atoms with Gasteiger partial charge < -0.3 is 0 Å². The molecule has 0 aromatic heterocycles. The Labute approximate surface area is 62.2 Å². The fourth-order valence-electron chi connectivity index (χ4n) is 0.476. The van der Waals surface area contributed by atoms with Gasteiger partial charge in [0.05, 0.1) is 0 Å². The van der Waals surface area contributed by atoms with Crippen LogP contribution in [-0.2, 0) is 4.79 Å². The summed E-state index contributed by atoms with van der Waals surface area (Å²) < 4.78 is 34.8. The lowest BCUT2D eigenvalue weighted by Gasteiger charge is -2.03. The first-order valence-electron chi connectivity index (χ1n) is 2.80. The molecule has 0 unspecified atom stereocenters. The number of carbonyl (C=O) groups excluding carboxylic acids is 1. The maximum atomic E-state index is 11.6. The number of Topliss-reactive ketones (excluding diaryl/α,β-unsaturated/α-hetero) is 1. The highest BCUT2D eigenvalue weighted by Crippen LogP contribution is 2.20. The summed E-state index contributed by atoms with van der Waals surface area (Å²) in [7, 11) is 0. The van der Waals surface area contributed by atoms with Crippen molar-refractivity contribution >= 4 is 5.78 Å². The molecule has 0 rings (SSSR count). The number of hydrogen-bond donors (Lipinski definition) is 0. The molecule has 0 aromatic rings. The van der Waals surface area contributed by atoms with E-state index in [0.717, 1.165) is 19.1 Å². The molecule has 0 atom stereocenters. The van der Waals surface area contributed by atoms with Gasteiger partial charge in [0.1, 0.15) is 0 Å². The summed E-state index contributed by atoms with van der Waals surface area (Å²) in [5.74, 6) is -1.82. The second kappa shape index (κ2) is 3.37. The molecule has 4 heteroatoms. The highest BCUT2D eigenvalue weighted by atomic mass is 19.4. The molecule has 1 nitrogen and oxygen atoms in total. The van der Waals surface area contributed by atoms with Crippen LogP contribution < -0.4 is 0 Å². The Morgan fingerprint density at radius 2 is 1.91 bits per heavy atom. The minimum absolute atomic E-state index is 0.354. The fraction of sp³-hybridized carbons (Fsp3) is 0.286. The van der Waals surface area contributed by atoms with Gasteiger partial charge in [-0.1, -0.05) is 18.7 Å². The van der Waals surface area contributed by atoms with E-state index in [1.807, 2.05) is 0 Å². The van der Waals surface area contributed by atoms with Crippen LogP contribution in [0, 0.1) is 0 Å². The van der Waals surface area contributed by atoms with Crippen molar-refractivity contribution in [1.29, 1.82) is 0 Å². The Morgan fingerprint density at radius 3 is 2.18 bits per heavy atom. The van der Waals surface area contributed by atoms with Crippen molar-refractivity contribution in [3.63, 3.8) is 0 Å². The zero-order valence-corrected chi connectivity index (χ0v) is 5.90. The highest BCUT2D eigenvalue weighted by molar-refractivity contribution is 5.99. The molecule has 0 aliphatic heterocycles. The third kappa shape index (κ3) is 3.02. The average molecular weight is 164 g/mol. The number of hydrogen-bond acceptors (Lipinski definition) is 1. The standard InChI is InChI=1S/C7H7F3O/c1-3-4-5(2)6(11)7(8,9)10/h3-4H,1H2,2H3/b5-4+. The van der Waals surface area contributed by atoms with Gasteiger partial charge in [0.2, 0.25) is 0 Å². The first-order valence-corrected chi connectivity index (χ1v) is 2.80. The number of rotatable bonds is 2. The second-order valence-corrected chi connectivity index (χ2v) is 1.91. The molecular weight excluding hydrogens is 157 g/mol. The summed E-state index contributed by atoms with van der Waals surface area (Å²) in [6.45, 7) is 4.26. The second-order valence-electron chi connectivity index (χ2n) is 1.91. The van der Waals surface area contributed by atoms with Gasteiger partial charge in [-0.3, -0.25) is 4.79 Å². The van der Waals surface area contributed by atoms with Crippen molar-refractivity contribution in [2.45, 2.75) is 13.1 Å². The number of ketones is 1. The molecule has 11 heavy (non-hydrogen) atoms. The molecule has 0 spiro atoms. The zero-order chi connectivity index (χ0) is 9.07. The molecule has 0 N–H and O–H groups in total. The topological polar surface area (TPSA) is 17.1 Å². The van der Waals surface area contributed by atoms with E-state index in [1.165, 1.54) is 0 Å². The lowest BCUT2D eigenvalue weighted by molar-refractivity contribution is -0.166. The SMILES string of the molecule is C=C/C=C(\C)C(=O)C(F)(F)F. The van der Waals surface area contributed by atoms with Crippen LogP contribution in [0.3, 0.4) is 0 Å². The summed E-state index contributed by atoms with van der Waals surface area (Å²) in [5, 5.41) is 0. The average Bonchev–Trinajstić information content (AvgIpc) is 1.85. The molecule has 0 bridgehead atoms. The summed E-state index contributed by atoms with van der Waals surface area (Å²) in [6, 6.07) is 0. The largest absolute Gasteiger partial charge is 0.454 e. The van der Waals surface area contributed by atoms with Gasteiger partial charge in [-0.05, 0) is 6.92 Å². The van der Waals surface area contributed by atoms with Gasteiger partial charge in [-0.2, -0.15) is 13.2 Å². The van der Waals surface area contributed by atoms with Crippen LogP contribution in [0.25, 0.3) is 0 Å². The van der Waals surface area contributed by atoms with Crippen molar-refractivity contribution in [2.75, 3.05) is 0 Å². The van der Waals surface area contributed by atoms with Crippen LogP contribution in [0.1, 0.15) is 6.92 Å². The van der Waals surface area contributed by atoms with E-state index in [1.54, 1.807) is 0 Å². The van der Waals surface area contributed by atoms with Gasteiger partial charge in [-0.25, -0.2) is 0 Å². The van der Waals surface area contributed by atoms with Crippen LogP contribution in [0.15, 0.2) is 24.3 Å². The quantitative estimate of drug-likeness (QED) is 0.452. The Morgan fingerprint density at radius 1 is 1.45 bits per heavy atom. The predicted octanol–water partition coefficient (Wildman–Crippen LogP) is 2.25. The maximum Gasteiger partial charge on any atom is 0.454 e. The first kappa shape index (κ1) is 9.94. The van der Waals surface area contributed by atoms with E-state index in [0.29, 0.717) is 0 Å². The lowest BCUT2D eigenvalue weighted by atomic mass is 10.2. The predicted molar refractivity (Wildman–Crippen MR) is 35.0 cm³/mol. The van der Waals surface area contributed by atoms with Crippen molar-refractivity contribution < 1.29 is 18.0 Å². The normalized spacial score (nSPS) is 12.9. The monoisotopic (exact) mass is 164 g/mol. The van der Waals surface area contributed by atoms with Crippen molar-refractivity contribution in [3.05, 3.63) is 24.3 Å². The number of alkyl halides is 3. The summed E-state index contributed by atoms with van der Waals surface area (Å²) in [4.78, 5) is 10.3. The van der Waals surface area contributed by atoms with Gasteiger partial charge >= 0.3 is 6.18 Å². The number of allylic oxidation sites excluding steroid dienone is 3. The molecule has 0 aliphatic carbocycles. The van der Waals surface area contributed by atoms with Gasteiger partial charge in [0.25, 0.3) is 5.78 Å². The van der Waals surface area contributed by atoms with Crippen molar-refractivity contribution in [2.24, 2.45) is 0 Å². The van der Waals surface area contributed by atoms with Crippen LogP contribution in [0.5, 0.6) is 0 Å². The van der Waals surface area contributed by atoms with E-state index < -0.39 is 12.0 Å². The Hall–Kier alpha value is -1.06. The van der Waals surface area contributed by atoms with Crippen LogP contribution in [0.2, 0.25) is 0 Å². The Kier molecular flexibility index (Phi) is 3.04. The minimum atomic E-state index is -4.77. The van der Waals surface area contributed by atoms with E-state index >= 15 is 0 Å². The summed E-state index contributed by atoms with van der Waals surface area (Å²) in [6.07, 6.45) is -2.61. The molecule has 0 heterocycles. The van der Waals surface area contributed by atoms with Crippen molar-refractivity contribution in [1.82, 2.24) is 0 Å². The van der Waals surface area contributed by atoms with Gasteiger partial charge in [-0.15, -0.1) is 0 Å². The van der Waals surface area contributed by atoms with E-state index in [4.69, 9.17) is 0 Å². The molecule has 0 aliphatic rings. The fourth-order valence-corrected chi connectivity index (χ4v) is 0.476. The van der Waals surface area contributed by atoms with Gasteiger partial charge in [0, 0.05) is 5.57 Å². The number of carbonyl (C=O) groups is 1. The minimum Gasteiger partial charge on any atom is -0.284 e. The van der Waals surface area contributed by atoms with Gasteiger partial charge in [0.15, 0.2) is 0 Å². The van der Waals surface area contributed by atoms with Crippen LogP contribution in [0.4, 0.5) is 13.2 Å². The highest BCUT2D eigenvalue weighted by Gasteiger charge is 2.38. The number of halogens is 3. The summed E-state index contributed by atoms with van der Waals surface area (Å²) >= 11 is 0. The summed E-state index contributed by atoms with van der Waals surface area (Å²) in [5.41, 5.74) is -0.354. The maximum absolute atomic E-state index is 11.6. The van der Waals surface area contributed by atoms with E-state index in [-0.39, 0.29) is 5.57 Å². The Bertz CT molecular complexity index is 200. The van der Waals surface area contributed by atoms with Crippen LogP contribution >= 0.6 is 0 Å². The smallest absolute Gasteiger partial charge is 0.284 e. The third-order valence-electron chi connectivity index (χ3n) is 0.983.